The minimum absolute atomic E-state index is 0.0768. The number of nitrogens with one attached hydrogen (secondary N) is 1. The molecule has 1 aromatic carbocycles. The molecule has 0 amide bonds. The molecular formula is C17H19NO3. The Balaban J connectivity index is 2.08. The second kappa shape index (κ2) is 5.72. The number of pyridine rings is 1. The van der Waals surface area contributed by atoms with Crippen LogP contribution in [0.4, 0.5) is 0 Å². The molecule has 1 aliphatic rings. The molecule has 1 heterocycles. The summed E-state index contributed by atoms with van der Waals surface area (Å²) in [4.78, 5) is 27.3. The summed E-state index contributed by atoms with van der Waals surface area (Å²) in [7, 11) is 0. The van der Waals surface area contributed by atoms with E-state index in [1.54, 1.807) is 6.92 Å². The summed E-state index contributed by atoms with van der Waals surface area (Å²) >= 11 is 0. The van der Waals surface area contributed by atoms with Gasteiger partial charge in [-0.15, -0.1) is 0 Å². The van der Waals surface area contributed by atoms with Gasteiger partial charge in [0.2, 0.25) is 5.43 Å². The van der Waals surface area contributed by atoms with Crippen molar-refractivity contribution in [2.24, 2.45) is 0 Å². The van der Waals surface area contributed by atoms with E-state index in [0.29, 0.717) is 11.3 Å². The highest BCUT2D eigenvalue weighted by Gasteiger charge is 2.19. The van der Waals surface area contributed by atoms with E-state index >= 15 is 0 Å². The van der Waals surface area contributed by atoms with Crippen molar-refractivity contribution in [1.29, 1.82) is 0 Å². The monoisotopic (exact) mass is 285 g/mol. The molecule has 3 rings (SSSR count). The van der Waals surface area contributed by atoms with Gasteiger partial charge in [-0.25, -0.2) is 4.79 Å². The van der Waals surface area contributed by atoms with Crippen LogP contribution in [-0.2, 0) is 4.74 Å². The molecule has 110 valence electrons. The number of hydrogen-bond acceptors (Lipinski definition) is 3. The maximum absolute atomic E-state index is 12.5. The van der Waals surface area contributed by atoms with Gasteiger partial charge in [0.25, 0.3) is 0 Å². The molecule has 1 fully saturated rings. The van der Waals surface area contributed by atoms with Crippen LogP contribution >= 0.6 is 0 Å². The molecule has 2 aromatic rings. The van der Waals surface area contributed by atoms with Crippen LogP contribution in [0.5, 0.6) is 0 Å². The van der Waals surface area contributed by atoms with Gasteiger partial charge in [0.1, 0.15) is 5.56 Å². The fourth-order valence-electron chi connectivity index (χ4n) is 3.11. The third-order valence-electron chi connectivity index (χ3n) is 4.23. The summed E-state index contributed by atoms with van der Waals surface area (Å²) in [6.07, 6.45) is 6.31. The summed E-state index contributed by atoms with van der Waals surface area (Å²) < 4.78 is 4.93. The number of esters is 1. The van der Waals surface area contributed by atoms with Crippen LogP contribution in [0.1, 0.15) is 54.4 Å². The third kappa shape index (κ3) is 2.58. The standard InChI is InChI=1S/C17H19NO3/c1-2-21-17(20)14-10-18-15-8-7-12(9-13(15)16(14)19)11-5-3-4-6-11/h7-11H,2-6H2,1H3,(H,18,19). The SMILES string of the molecule is CCOC(=O)c1c[nH]c2ccc(C3CCCC3)cc2c1=O. The van der Waals surface area contributed by atoms with E-state index < -0.39 is 5.97 Å². The molecule has 1 N–H and O–H groups in total. The van der Waals surface area contributed by atoms with Gasteiger partial charge < -0.3 is 9.72 Å². The molecule has 0 radical (unpaired) electrons. The van der Waals surface area contributed by atoms with Crippen molar-refractivity contribution in [1.82, 2.24) is 4.98 Å². The van der Waals surface area contributed by atoms with Gasteiger partial charge in [0.15, 0.2) is 0 Å². The fourth-order valence-corrected chi connectivity index (χ4v) is 3.11. The summed E-state index contributed by atoms with van der Waals surface area (Å²) in [5.74, 6) is -0.0213. The quantitative estimate of drug-likeness (QED) is 0.880. The van der Waals surface area contributed by atoms with Gasteiger partial charge in [0, 0.05) is 17.1 Å². The lowest BCUT2D eigenvalue weighted by Gasteiger charge is -2.10. The first-order valence-electron chi connectivity index (χ1n) is 7.53. The number of benzene rings is 1. The first-order valence-corrected chi connectivity index (χ1v) is 7.53. The van der Waals surface area contributed by atoms with Crippen molar-refractivity contribution in [3.63, 3.8) is 0 Å². The Morgan fingerprint density at radius 2 is 2.10 bits per heavy atom. The molecule has 0 unspecified atom stereocenters. The second-order valence-electron chi connectivity index (χ2n) is 5.54. The van der Waals surface area contributed by atoms with Gasteiger partial charge in [-0.3, -0.25) is 4.79 Å². The Hall–Kier alpha value is -2.10. The molecule has 1 saturated carbocycles. The molecule has 0 bridgehead atoms. The van der Waals surface area contributed by atoms with Crippen molar-refractivity contribution in [2.75, 3.05) is 6.61 Å². The molecule has 0 aliphatic heterocycles. The molecule has 1 aromatic heterocycles. The Morgan fingerprint density at radius 1 is 1.33 bits per heavy atom. The van der Waals surface area contributed by atoms with Crippen LogP contribution in [0.3, 0.4) is 0 Å². The minimum Gasteiger partial charge on any atom is -0.462 e. The summed E-state index contributed by atoms with van der Waals surface area (Å²) in [5.41, 5.74) is 1.79. The Morgan fingerprint density at radius 3 is 2.81 bits per heavy atom. The molecular weight excluding hydrogens is 266 g/mol. The fraction of sp³-hybridized carbons (Fsp3) is 0.412. The second-order valence-corrected chi connectivity index (χ2v) is 5.54. The molecule has 4 heteroatoms. The molecule has 0 spiro atoms. The van der Waals surface area contributed by atoms with Gasteiger partial charge in [-0.1, -0.05) is 18.9 Å². The van der Waals surface area contributed by atoms with Crippen LogP contribution in [0, 0.1) is 0 Å². The number of H-pyrrole nitrogens is 1. The van der Waals surface area contributed by atoms with E-state index in [9.17, 15) is 9.59 Å². The van der Waals surface area contributed by atoms with E-state index in [1.807, 2.05) is 12.1 Å². The van der Waals surface area contributed by atoms with Crippen LogP contribution in [0.2, 0.25) is 0 Å². The summed E-state index contributed by atoms with van der Waals surface area (Å²) in [5, 5.41) is 0.574. The zero-order valence-electron chi connectivity index (χ0n) is 12.1. The Bertz CT molecular complexity index is 726. The first kappa shape index (κ1) is 13.9. The Labute approximate surface area is 123 Å². The predicted octanol–water partition coefficient (Wildman–Crippen LogP) is 3.36. The molecule has 4 nitrogen and oxygen atoms in total. The number of aromatic amines is 1. The topological polar surface area (TPSA) is 59.2 Å². The van der Waals surface area contributed by atoms with Gasteiger partial charge in [0.05, 0.1) is 6.61 Å². The number of carbonyl (C=O) groups is 1. The average molecular weight is 285 g/mol. The summed E-state index contributed by atoms with van der Waals surface area (Å²) in [6.45, 7) is 1.99. The molecule has 0 atom stereocenters. The van der Waals surface area contributed by atoms with Crippen LogP contribution in [0.15, 0.2) is 29.2 Å². The minimum atomic E-state index is -0.563. The van der Waals surface area contributed by atoms with Crippen molar-refractivity contribution < 1.29 is 9.53 Å². The van der Waals surface area contributed by atoms with Crippen molar-refractivity contribution in [3.8, 4) is 0 Å². The smallest absolute Gasteiger partial charge is 0.343 e. The molecule has 21 heavy (non-hydrogen) atoms. The molecule has 1 aliphatic carbocycles. The zero-order valence-corrected chi connectivity index (χ0v) is 12.1. The average Bonchev–Trinajstić information content (AvgIpc) is 3.02. The highest BCUT2D eigenvalue weighted by molar-refractivity contribution is 5.93. The normalized spacial score (nSPS) is 15.5. The maximum atomic E-state index is 12.5. The lowest BCUT2D eigenvalue weighted by molar-refractivity contribution is 0.0524. The summed E-state index contributed by atoms with van der Waals surface area (Å²) in [6, 6.07) is 5.95. The van der Waals surface area contributed by atoms with E-state index in [2.05, 4.69) is 11.1 Å². The van der Waals surface area contributed by atoms with E-state index in [1.165, 1.54) is 37.4 Å². The first-order chi connectivity index (χ1) is 10.2. The highest BCUT2D eigenvalue weighted by atomic mass is 16.5. The lowest BCUT2D eigenvalue weighted by Crippen LogP contribution is -2.18. The van der Waals surface area contributed by atoms with Gasteiger partial charge in [-0.05, 0) is 43.4 Å². The molecule has 0 saturated heterocycles. The van der Waals surface area contributed by atoms with Crippen LogP contribution in [0.25, 0.3) is 10.9 Å². The largest absolute Gasteiger partial charge is 0.462 e. The highest BCUT2D eigenvalue weighted by Crippen LogP contribution is 2.34. The van der Waals surface area contributed by atoms with E-state index in [0.717, 1.165) is 5.52 Å². The van der Waals surface area contributed by atoms with Crippen molar-refractivity contribution >= 4 is 16.9 Å². The number of ether oxygens (including phenoxy) is 1. The predicted molar refractivity (Wildman–Crippen MR) is 81.7 cm³/mol. The number of aromatic nitrogens is 1. The zero-order chi connectivity index (χ0) is 14.8. The van der Waals surface area contributed by atoms with Crippen molar-refractivity contribution in [2.45, 2.75) is 38.5 Å². The number of fused-ring (bicyclic) bond motifs is 1. The van der Waals surface area contributed by atoms with Crippen LogP contribution in [-0.4, -0.2) is 17.6 Å². The lowest BCUT2D eigenvalue weighted by atomic mass is 9.96. The van der Waals surface area contributed by atoms with E-state index in [-0.39, 0.29) is 17.6 Å². The number of rotatable bonds is 3. The van der Waals surface area contributed by atoms with Gasteiger partial charge in [-0.2, -0.15) is 0 Å². The Kier molecular flexibility index (Phi) is 3.78. The van der Waals surface area contributed by atoms with E-state index in [4.69, 9.17) is 4.74 Å². The number of carbonyl (C=O) groups excluding carboxylic acids is 1. The maximum Gasteiger partial charge on any atom is 0.343 e. The van der Waals surface area contributed by atoms with Crippen molar-refractivity contribution in [3.05, 3.63) is 45.7 Å². The third-order valence-corrected chi connectivity index (χ3v) is 4.23. The van der Waals surface area contributed by atoms with Gasteiger partial charge >= 0.3 is 5.97 Å². The number of hydrogen-bond donors (Lipinski definition) is 1. The van der Waals surface area contributed by atoms with Crippen LogP contribution < -0.4 is 5.43 Å².